The summed E-state index contributed by atoms with van der Waals surface area (Å²) in [5.41, 5.74) is 0.602. The molecule has 0 atom stereocenters. The summed E-state index contributed by atoms with van der Waals surface area (Å²) in [6.07, 6.45) is 5.07. The van der Waals surface area contributed by atoms with Crippen LogP contribution in [0.25, 0.3) is 0 Å². The van der Waals surface area contributed by atoms with Crippen LogP contribution in [0, 0.1) is 0 Å². The molecule has 3 aromatic rings. The molecule has 0 aliphatic carbocycles. The first-order valence-electron chi connectivity index (χ1n) is 10.5. The fraction of sp³-hybridized carbons (Fsp3) is 0.304. The minimum absolute atomic E-state index is 0.125. The van der Waals surface area contributed by atoms with Gasteiger partial charge in [-0.1, -0.05) is 25.8 Å². The number of hydrogen-bond donors (Lipinski definition) is 3. The van der Waals surface area contributed by atoms with Gasteiger partial charge in [0.05, 0.1) is 6.61 Å². The van der Waals surface area contributed by atoms with Gasteiger partial charge < -0.3 is 20.7 Å². The number of carbonyl (C=O) groups excluding carboxylic acids is 1. The van der Waals surface area contributed by atoms with E-state index in [0.717, 1.165) is 18.6 Å². The van der Waals surface area contributed by atoms with Crippen LogP contribution in [0.5, 0.6) is 5.75 Å². The maximum Gasteiger partial charge on any atom is 0.251 e. The van der Waals surface area contributed by atoms with Gasteiger partial charge in [-0.2, -0.15) is 0 Å². The zero-order valence-electron chi connectivity index (χ0n) is 17.7. The maximum absolute atomic E-state index is 12.3. The first-order chi connectivity index (χ1) is 15.2. The quantitative estimate of drug-likeness (QED) is 0.380. The zero-order valence-corrected chi connectivity index (χ0v) is 17.7. The molecular formula is C23H28N6O2. The van der Waals surface area contributed by atoms with E-state index in [1.54, 1.807) is 18.3 Å². The Kier molecular flexibility index (Phi) is 8.60. The molecule has 0 spiro atoms. The Bertz CT molecular complexity index is 917. The summed E-state index contributed by atoms with van der Waals surface area (Å²) in [5, 5.41) is 17.3. The second-order valence-electron chi connectivity index (χ2n) is 6.91. The molecule has 2 aromatic heterocycles. The Hall–Kier alpha value is -3.68. The summed E-state index contributed by atoms with van der Waals surface area (Å²) in [7, 11) is 0. The summed E-state index contributed by atoms with van der Waals surface area (Å²) in [5.74, 6) is 2.60. The highest BCUT2D eigenvalue weighted by molar-refractivity contribution is 5.94. The largest absolute Gasteiger partial charge is 0.494 e. The number of ether oxygens (including phenoxy) is 1. The van der Waals surface area contributed by atoms with Gasteiger partial charge in [0.2, 0.25) is 0 Å². The number of carbonyl (C=O) groups is 1. The Morgan fingerprint density at radius 2 is 1.71 bits per heavy atom. The molecule has 8 nitrogen and oxygen atoms in total. The van der Waals surface area contributed by atoms with Gasteiger partial charge in [-0.15, -0.1) is 10.2 Å². The number of anilines is 3. The standard InChI is InChI=1S/C23H28N6O2/c1-2-3-6-17-31-19-10-8-18(9-11-19)23(30)26-16-15-25-21-12-13-22(29-28-21)27-20-7-4-5-14-24-20/h4-5,7-14H,2-3,6,15-17H2,1H3,(H,25,28)(H,26,30)(H,24,27,29). The fourth-order valence-electron chi connectivity index (χ4n) is 2.77. The predicted octanol–water partition coefficient (Wildman–Crippen LogP) is 4.03. The van der Waals surface area contributed by atoms with Crippen molar-refractivity contribution in [3.63, 3.8) is 0 Å². The van der Waals surface area contributed by atoms with E-state index in [1.165, 1.54) is 6.42 Å². The van der Waals surface area contributed by atoms with Gasteiger partial charge in [0, 0.05) is 24.8 Å². The van der Waals surface area contributed by atoms with Crippen LogP contribution in [0.3, 0.4) is 0 Å². The lowest BCUT2D eigenvalue weighted by molar-refractivity contribution is 0.0955. The van der Waals surface area contributed by atoms with Crippen LogP contribution in [-0.2, 0) is 0 Å². The number of pyridine rings is 1. The first kappa shape index (κ1) is 22.0. The first-order valence-corrected chi connectivity index (χ1v) is 10.5. The van der Waals surface area contributed by atoms with E-state index < -0.39 is 0 Å². The van der Waals surface area contributed by atoms with Gasteiger partial charge in [-0.25, -0.2) is 4.98 Å². The monoisotopic (exact) mass is 420 g/mol. The van der Waals surface area contributed by atoms with Crippen LogP contribution in [0.1, 0.15) is 36.5 Å². The second kappa shape index (κ2) is 12.1. The van der Waals surface area contributed by atoms with E-state index in [4.69, 9.17) is 4.74 Å². The molecule has 3 rings (SSSR count). The molecule has 162 valence electrons. The van der Waals surface area contributed by atoms with Crippen LogP contribution < -0.4 is 20.7 Å². The molecule has 31 heavy (non-hydrogen) atoms. The van der Waals surface area contributed by atoms with Crippen molar-refractivity contribution in [2.75, 3.05) is 30.3 Å². The van der Waals surface area contributed by atoms with E-state index in [-0.39, 0.29) is 5.91 Å². The highest BCUT2D eigenvalue weighted by Crippen LogP contribution is 2.13. The lowest BCUT2D eigenvalue weighted by Gasteiger charge is -2.09. The number of hydrogen-bond acceptors (Lipinski definition) is 7. The number of rotatable bonds is 12. The van der Waals surface area contributed by atoms with Crippen molar-refractivity contribution in [2.24, 2.45) is 0 Å². The highest BCUT2D eigenvalue weighted by Gasteiger charge is 2.05. The smallest absolute Gasteiger partial charge is 0.251 e. The van der Waals surface area contributed by atoms with Gasteiger partial charge in [0.1, 0.15) is 17.4 Å². The van der Waals surface area contributed by atoms with E-state index >= 15 is 0 Å². The van der Waals surface area contributed by atoms with E-state index in [2.05, 4.69) is 38.1 Å². The van der Waals surface area contributed by atoms with Crippen LogP contribution >= 0.6 is 0 Å². The summed E-state index contributed by atoms with van der Waals surface area (Å²) in [6, 6.07) is 16.4. The third-order valence-corrected chi connectivity index (χ3v) is 4.44. The molecule has 1 amide bonds. The SMILES string of the molecule is CCCCCOc1ccc(C(=O)NCCNc2ccc(Nc3ccccn3)nn2)cc1. The average molecular weight is 421 g/mol. The highest BCUT2D eigenvalue weighted by atomic mass is 16.5. The fourth-order valence-corrected chi connectivity index (χ4v) is 2.77. The van der Waals surface area contributed by atoms with Gasteiger partial charge in [-0.3, -0.25) is 4.79 Å². The minimum Gasteiger partial charge on any atom is -0.494 e. The van der Waals surface area contributed by atoms with Crippen molar-refractivity contribution in [3.05, 3.63) is 66.4 Å². The molecule has 0 aliphatic rings. The molecule has 1 aromatic carbocycles. The van der Waals surface area contributed by atoms with E-state index in [9.17, 15) is 4.79 Å². The molecular weight excluding hydrogens is 392 g/mol. The maximum atomic E-state index is 12.3. The summed E-state index contributed by atoms with van der Waals surface area (Å²) < 4.78 is 5.67. The normalized spacial score (nSPS) is 10.4. The Morgan fingerprint density at radius 1 is 0.903 bits per heavy atom. The number of benzene rings is 1. The van der Waals surface area contributed by atoms with Crippen LogP contribution in [-0.4, -0.2) is 40.8 Å². The molecule has 0 saturated carbocycles. The minimum atomic E-state index is -0.125. The zero-order chi connectivity index (χ0) is 21.7. The summed E-state index contributed by atoms with van der Waals surface area (Å²) in [6.45, 7) is 3.86. The van der Waals surface area contributed by atoms with Gasteiger partial charge in [0.25, 0.3) is 5.91 Å². The van der Waals surface area contributed by atoms with E-state index in [0.29, 0.717) is 42.7 Å². The molecule has 0 radical (unpaired) electrons. The average Bonchev–Trinajstić information content (AvgIpc) is 2.81. The van der Waals surface area contributed by atoms with Crippen LogP contribution in [0.2, 0.25) is 0 Å². The van der Waals surface area contributed by atoms with E-state index in [1.807, 2.05) is 42.5 Å². The molecule has 0 fully saturated rings. The van der Waals surface area contributed by atoms with Gasteiger partial charge in [-0.05, 0) is 55.0 Å². The Labute approximate surface area is 182 Å². The lowest BCUT2D eigenvalue weighted by atomic mass is 10.2. The molecule has 0 unspecified atom stereocenters. The number of aromatic nitrogens is 3. The number of amides is 1. The van der Waals surface area contributed by atoms with Crippen LogP contribution in [0.4, 0.5) is 17.5 Å². The third kappa shape index (κ3) is 7.58. The molecule has 8 heteroatoms. The molecule has 0 bridgehead atoms. The van der Waals surface area contributed by atoms with Crippen LogP contribution in [0.15, 0.2) is 60.8 Å². The number of unbranched alkanes of at least 4 members (excludes halogenated alkanes) is 2. The lowest BCUT2D eigenvalue weighted by Crippen LogP contribution is -2.28. The summed E-state index contributed by atoms with van der Waals surface area (Å²) in [4.78, 5) is 16.4. The van der Waals surface area contributed by atoms with Crippen molar-refractivity contribution in [2.45, 2.75) is 26.2 Å². The van der Waals surface area contributed by atoms with Gasteiger partial charge in [0.15, 0.2) is 5.82 Å². The van der Waals surface area contributed by atoms with Gasteiger partial charge >= 0.3 is 0 Å². The second-order valence-corrected chi connectivity index (χ2v) is 6.91. The Balaban J connectivity index is 1.36. The van der Waals surface area contributed by atoms with Crippen molar-refractivity contribution >= 4 is 23.4 Å². The number of nitrogens with one attached hydrogen (secondary N) is 3. The molecule has 0 aliphatic heterocycles. The summed E-state index contributed by atoms with van der Waals surface area (Å²) >= 11 is 0. The Morgan fingerprint density at radius 3 is 2.42 bits per heavy atom. The molecule has 0 saturated heterocycles. The van der Waals surface area contributed by atoms with Crippen molar-refractivity contribution in [1.29, 1.82) is 0 Å². The van der Waals surface area contributed by atoms with Crippen molar-refractivity contribution < 1.29 is 9.53 Å². The third-order valence-electron chi connectivity index (χ3n) is 4.44. The number of nitrogens with zero attached hydrogens (tertiary/aromatic N) is 3. The topological polar surface area (TPSA) is 101 Å². The van der Waals surface area contributed by atoms with Crippen molar-refractivity contribution in [1.82, 2.24) is 20.5 Å². The molecule has 3 N–H and O–H groups in total. The predicted molar refractivity (Wildman–Crippen MR) is 122 cm³/mol. The molecule has 2 heterocycles. The van der Waals surface area contributed by atoms with Crippen molar-refractivity contribution in [3.8, 4) is 5.75 Å².